The molecule has 3 heterocycles. The van der Waals surface area contributed by atoms with Crippen molar-refractivity contribution in [2.75, 3.05) is 20.6 Å². The van der Waals surface area contributed by atoms with Gasteiger partial charge in [0.25, 0.3) is 0 Å². The van der Waals surface area contributed by atoms with Crippen molar-refractivity contribution in [2.45, 2.75) is 25.9 Å². The van der Waals surface area contributed by atoms with E-state index < -0.39 is 0 Å². The molecule has 1 amide bonds. The molecule has 0 aliphatic carbocycles. The zero-order valence-electron chi connectivity index (χ0n) is 21.0. The molecule has 186 valence electrons. The second kappa shape index (κ2) is 10.0. The molecule has 0 saturated heterocycles. The highest BCUT2D eigenvalue weighted by Crippen LogP contribution is 2.30. The smallest absolute Gasteiger partial charge is 0.241 e. The van der Waals surface area contributed by atoms with Crippen molar-refractivity contribution in [3.05, 3.63) is 84.5 Å². The average molecular weight is 485 g/mol. The lowest BCUT2D eigenvalue weighted by atomic mass is 10.0. The first-order valence-corrected chi connectivity index (χ1v) is 12.2. The Bertz CT molecular complexity index is 1280. The summed E-state index contributed by atoms with van der Waals surface area (Å²) in [6.07, 6.45) is 7.82. The number of benzene rings is 2. The summed E-state index contributed by atoms with van der Waals surface area (Å²) in [5.41, 5.74) is 9.14. The van der Waals surface area contributed by atoms with Crippen LogP contribution >= 0.6 is 0 Å². The SMILES string of the molecule is CNC(C(=O)N1CC=CC1c1ncc(-c2ccc(-c3ccc(C4=CN(C)ON4)cc3)cc2)[nH]1)C(C)C. The summed E-state index contributed by atoms with van der Waals surface area (Å²) in [6.45, 7) is 4.70. The lowest BCUT2D eigenvalue weighted by Gasteiger charge is -2.29. The normalized spacial score (nSPS) is 18.0. The van der Waals surface area contributed by atoms with Crippen LogP contribution in [0.15, 0.2) is 73.1 Å². The number of H-pyrrole nitrogens is 1. The highest BCUT2D eigenvalue weighted by Gasteiger charge is 2.33. The van der Waals surface area contributed by atoms with Crippen molar-refractivity contribution in [1.82, 2.24) is 30.7 Å². The Labute approximate surface area is 211 Å². The van der Waals surface area contributed by atoms with E-state index in [1.165, 1.54) is 0 Å². The third-order valence-corrected chi connectivity index (χ3v) is 6.69. The first-order valence-electron chi connectivity index (χ1n) is 12.2. The summed E-state index contributed by atoms with van der Waals surface area (Å²) in [6, 6.07) is 16.4. The summed E-state index contributed by atoms with van der Waals surface area (Å²) in [7, 11) is 3.67. The summed E-state index contributed by atoms with van der Waals surface area (Å²) < 4.78 is 0. The predicted octanol–water partition coefficient (Wildman–Crippen LogP) is 4.11. The summed E-state index contributed by atoms with van der Waals surface area (Å²) in [4.78, 5) is 28.3. The first-order chi connectivity index (χ1) is 17.4. The van der Waals surface area contributed by atoms with Gasteiger partial charge in [0, 0.05) is 19.2 Å². The number of aromatic nitrogens is 2. The Hall–Kier alpha value is -3.88. The van der Waals surface area contributed by atoms with E-state index in [0.717, 1.165) is 39.5 Å². The Morgan fingerprint density at radius 3 is 2.28 bits per heavy atom. The van der Waals surface area contributed by atoms with Crippen LogP contribution in [0.1, 0.15) is 31.3 Å². The van der Waals surface area contributed by atoms with Gasteiger partial charge in [-0.15, -0.1) is 0 Å². The maximum atomic E-state index is 13.1. The van der Waals surface area contributed by atoms with Crippen LogP contribution in [0.4, 0.5) is 0 Å². The van der Waals surface area contributed by atoms with E-state index >= 15 is 0 Å². The minimum atomic E-state index is -0.218. The molecule has 5 rings (SSSR count). The standard InChI is InChI=1S/C28H32N6O2/c1-18(2)26(29-3)28(35)34-15-5-6-25(34)27-30-16-23(31-27)21-11-7-19(8-12-21)20-9-13-22(14-10-20)24-17-33(4)36-32-24/h5-14,16-18,25-26,29,32H,15H2,1-4H3,(H,30,31). The fraction of sp³-hybridized carbons (Fsp3) is 0.286. The van der Waals surface area contributed by atoms with Crippen molar-refractivity contribution >= 4 is 11.6 Å². The molecule has 2 aliphatic heterocycles. The lowest BCUT2D eigenvalue weighted by molar-refractivity contribution is -0.135. The molecule has 1 aromatic heterocycles. The van der Waals surface area contributed by atoms with Crippen molar-refractivity contribution in [2.24, 2.45) is 5.92 Å². The molecule has 0 bridgehead atoms. The third-order valence-electron chi connectivity index (χ3n) is 6.69. The summed E-state index contributed by atoms with van der Waals surface area (Å²) >= 11 is 0. The molecular weight excluding hydrogens is 452 g/mol. The van der Waals surface area contributed by atoms with Gasteiger partial charge in [0.15, 0.2) is 0 Å². The second-order valence-electron chi connectivity index (χ2n) is 9.49. The maximum Gasteiger partial charge on any atom is 0.241 e. The highest BCUT2D eigenvalue weighted by atomic mass is 16.8. The molecule has 2 unspecified atom stereocenters. The third kappa shape index (κ3) is 4.65. The molecule has 0 spiro atoms. The number of hydrogen-bond donors (Lipinski definition) is 3. The number of imidazole rings is 1. The molecule has 0 radical (unpaired) electrons. The Kier molecular flexibility index (Phi) is 6.63. The number of nitrogens with zero attached hydrogens (tertiary/aromatic N) is 3. The summed E-state index contributed by atoms with van der Waals surface area (Å²) in [5.74, 6) is 1.07. The quantitative estimate of drug-likeness (QED) is 0.438. The van der Waals surface area contributed by atoms with E-state index in [0.29, 0.717) is 6.54 Å². The van der Waals surface area contributed by atoms with E-state index in [1.807, 2.05) is 43.5 Å². The van der Waals surface area contributed by atoms with E-state index in [2.05, 4.69) is 83.1 Å². The number of hydroxylamine groups is 3. The molecule has 8 heteroatoms. The number of rotatable bonds is 7. The van der Waals surface area contributed by atoms with E-state index in [1.54, 1.807) is 5.06 Å². The largest absolute Gasteiger partial charge is 0.340 e. The van der Waals surface area contributed by atoms with Gasteiger partial charge in [-0.25, -0.2) is 15.5 Å². The van der Waals surface area contributed by atoms with Crippen LogP contribution in [-0.2, 0) is 9.73 Å². The fourth-order valence-corrected chi connectivity index (χ4v) is 4.71. The van der Waals surface area contributed by atoms with Crippen LogP contribution in [0.5, 0.6) is 0 Å². The highest BCUT2D eigenvalue weighted by molar-refractivity contribution is 5.83. The number of hydrogen-bond acceptors (Lipinski definition) is 6. The molecule has 0 saturated carbocycles. The van der Waals surface area contributed by atoms with Gasteiger partial charge >= 0.3 is 0 Å². The van der Waals surface area contributed by atoms with Crippen LogP contribution in [0.2, 0.25) is 0 Å². The Morgan fingerprint density at radius 2 is 1.69 bits per heavy atom. The molecular formula is C28H32N6O2. The van der Waals surface area contributed by atoms with Gasteiger partial charge in [0.05, 0.1) is 29.8 Å². The van der Waals surface area contributed by atoms with Crippen molar-refractivity contribution in [3.8, 4) is 22.4 Å². The zero-order chi connectivity index (χ0) is 25.2. The molecule has 2 aliphatic rings. The van der Waals surface area contributed by atoms with Crippen molar-refractivity contribution in [3.63, 3.8) is 0 Å². The van der Waals surface area contributed by atoms with E-state index in [-0.39, 0.29) is 23.9 Å². The van der Waals surface area contributed by atoms with Gasteiger partial charge in [-0.2, -0.15) is 4.94 Å². The Morgan fingerprint density at radius 1 is 1.06 bits per heavy atom. The zero-order valence-corrected chi connectivity index (χ0v) is 21.0. The number of amides is 1. The fourth-order valence-electron chi connectivity index (χ4n) is 4.71. The number of aromatic amines is 1. The van der Waals surface area contributed by atoms with Gasteiger partial charge in [-0.05, 0) is 29.7 Å². The van der Waals surface area contributed by atoms with E-state index in [4.69, 9.17) is 4.94 Å². The monoisotopic (exact) mass is 484 g/mol. The van der Waals surface area contributed by atoms with Crippen LogP contribution in [0, 0.1) is 5.92 Å². The van der Waals surface area contributed by atoms with Gasteiger partial charge in [-0.3, -0.25) is 4.79 Å². The van der Waals surface area contributed by atoms with Crippen molar-refractivity contribution in [1.29, 1.82) is 0 Å². The topological polar surface area (TPSA) is 85.5 Å². The van der Waals surface area contributed by atoms with Crippen LogP contribution in [-0.4, -0.2) is 52.5 Å². The van der Waals surface area contributed by atoms with Crippen LogP contribution < -0.4 is 10.8 Å². The minimum Gasteiger partial charge on any atom is -0.340 e. The van der Waals surface area contributed by atoms with Gasteiger partial charge in [0.1, 0.15) is 11.9 Å². The van der Waals surface area contributed by atoms with E-state index in [9.17, 15) is 4.79 Å². The van der Waals surface area contributed by atoms with Gasteiger partial charge in [0.2, 0.25) is 5.91 Å². The Balaban J connectivity index is 1.30. The molecule has 2 atom stereocenters. The molecule has 2 aromatic carbocycles. The number of likely N-dealkylation sites (N-methyl/N-ethyl adjacent to an activating group) is 1. The molecule has 0 fully saturated rings. The number of nitrogens with one attached hydrogen (secondary N) is 3. The minimum absolute atomic E-state index is 0.0929. The molecule has 36 heavy (non-hydrogen) atoms. The van der Waals surface area contributed by atoms with Crippen LogP contribution in [0.3, 0.4) is 0 Å². The predicted molar refractivity (Wildman–Crippen MR) is 141 cm³/mol. The van der Waals surface area contributed by atoms with Crippen LogP contribution in [0.25, 0.3) is 28.1 Å². The molecule has 3 aromatic rings. The van der Waals surface area contributed by atoms with Crippen molar-refractivity contribution < 1.29 is 9.73 Å². The molecule has 3 N–H and O–H groups in total. The average Bonchev–Trinajstić information content (AvgIpc) is 3.65. The van der Waals surface area contributed by atoms with Gasteiger partial charge < -0.3 is 15.2 Å². The second-order valence-corrected chi connectivity index (χ2v) is 9.49. The molecule has 8 nitrogen and oxygen atoms in total. The maximum absolute atomic E-state index is 13.1. The number of carbonyl (C=O) groups is 1. The summed E-state index contributed by atoms with van der Waals surface area (Å²) in [5, 5.41) is 4.79. The first kappa shape index (κ1) is 23.8. The number of carbonyl (C=O) groups excluding carboxylic acids is 1. The van der Waals surface area contributed by atoms with Gasteiger partial charge in [-0.1, -0.05) is 74.5 Å². The lowest BCUT2D eigenvalue weighted by Crippen LogP contribution is -2.48.